The van der Waals surface area contributed by atoms with Crippen molar-refractivity contribution in [2.75, 3.05) is 13.6 Å². The fraction of sp³-hybridized carbons (Fsp3) is 0.179. The van der Waals surface area contributed by atoms with Crippen molar-refractivity contribution in [3.63, 3.8) is 0 Å². The van der Waals surface area contributed by atoms with Crippen LogP contribution in [0.1, 0.15) is 21.5 Å². The maximum absolute atomic E-state index is 13.3. The van der Waals surface area contributed by atoms with Crippen LogP contribution in [-0.4, -0.2) is 47.2 Å². The molecule has 0 aliphatic carbocycles. The molecule has 3 aromatic carbocycles. The molecule has 3 amide bonds. The number of para-hydroxylation sites is 1. The fourth-order valence-corrected chi connectivity index (χ4v) is 4.01. The Morgan fingerprint density at radius 2 is 1.49 bits per heavy atom. The molecule has 3 N–H and O–H groups in total. The van der Waals surface area contributed by atoms with Crippen LogP contribution < -0.4 is 10.6 Å². The van der Waals surface area contributed by atoms with Gasteiger partial charge in [0.05, 0.1) is 12.1 Å². The number of fused-ring (bicyclic) bond motifs is 1. The van der Waals surface area contributed by atoms with Crippen LogP contribution in [0, 0.1) is 0 Å². The van der Waals surface area contributed by atoms with Crippen LogP contribution in [0.3, 0.4) is 0 Å². The minimum absolute atomic E-state index is 0.200. The van der Waals surface area contributed by atoms with Crippen LogP contribution >= 0.6 is 0 Å². The molecule has 1 unspecified atom stereocenters. The van der Waals surface area contributed by atoms with Crippen molar-refractivity contribution >= 4 is 28.6 Å². The quantitative estimate of drug-likeness (QED) is 0.352. The van der Waals surface area contributed by atoms with Gasteiger partial charge in [-0.05, 0) is 17.2 Å². The maximum Gasteiger partial charge on any atom is 0.253 e. The van der Waals surface area contributed by atoms with Gasteiger partial charge in [0, 0.05) is 37.1 Å². The van der Waals surface area contributed by atoms with E-state index in [1.165, 1.54) is 0 Å². The number of amides is 3. The molecule has 0 saturated heterocycles. The normalized spacial score (nSPS) is 11.6. The molecule has 7 nitrogen and oxygen atoms in total. The molecule has 0 aliphatic rings. The standard InChI is InChI=1S/C28H28N4O3/c1-32(19-21-12-6-3-7-13-21)28(35)25(16-20-10-4-2-5-11-20)31-26(33)18-30-27(34)23-17-29-24-15-9-8-14-22(23)24/h2-15,17,25,29H,16,18-19H2,1H3,(H,30,34)(H,31,33). The van der Waals surface area contributed by atoms with E-state index < -0.39 is 11.9 Å². The number of aromatic amines is 1. The van der Waals surface area contributed by atoms with Gasteiger partial charge < -0.3 is 20.5 Å². The minimum atomic E-state index is -0.761. The maximum atomic E-state index is 13.3. The van der Waals surface area contributed by atoms with Crippen molar-refractivity contribution in [2.24, 2.45) is 0 Å². The average Bonchev–Trinajstić information content (AvgIpc) is 3.32. The molecule has 0 saturated carbocycles. The highest BCUT2D eigenvalue weighted by molar-refractivity contribution is 6.07. The summed E-state index contributed by atoms with van der Waals surface area (Å²) in [5.41, 5.74) is 3.24. The molecule has 0 bridgehead atoms. The van der Waals surface area contributed by atoms with Gasteiger partial charge in [-0.15, -0.1) is 0 Å². The first-order valence-electron chi connectivity index (χ1n) is 11.5. The zero-order chi connectivity index (χ0) is 24.6. The number of likely N-dealkylation sites (N-methyl/N-ethyl adjacent to an activating group) is 1. The SMILES string of the molecule is CN(Cc1ccccc1)C(=O)C(Cc1ccccc1)NC(=O)CNC(=O)c1c[nH]c2ccccc12. The Hall–Kier alpha value is -4.39. The van der Waals surface area contributed by atoms with Gasteiger partial charge in [0.1, 0.15) is 6.04 Å². The van der Waals surface area contributed by atoms with E-state index in [9.17, 15) is 14.4 Å². The Morgan fingerprint density at radius 1 is 0.857 bits per heavy atom. The fourth-order valence-electron chi connectivity index (χ4n) is 4.01. The molecule has 4 rings (SSSR count). The highest BCUT2D eigenvalue weighted by atomic mass is 16.2. The number of benzene rings is 3. The topological polar surface area (TPSA) is 94.3 Å². The molecule has 7 heteroatoms. The van der Waals surface area contributed by atoms with Crippen LogP contribution in [0.25, 0.3) is 10.9 Å². The zero-order valence-electron chi connectivity index (χ0n) is 19.5. The first-order valence-corrected chi connectivity index (χ1v) is 11.5. The Bertz CT molecular complexity index is 1300. The molecule has 0 spiro atoms. The Balaban J connectivity index is 1.41. The molecule has 35 heavy (non-hydrogen) atoms. The van der Waals surface area contributed by atoms with E-state index in [-0.39, 0.29) is 18.4 Å². The highest BCUT2D eigenvalue weighted by Gasteiger charge is 2.25. The van der Waals surface area contributed by atoms with Gasteiger partial charge in [-0.1, -0.05) is 78.9 Å². The molecular weight excluding hydrogens is 440 g/mol. The lowest BCUT2D eigenvalue weighted by atomic mass is 10.0. The van der Waals surface area contributed by atoms with Crippen LogP contribution in [0.4, 0.5) is 0 Å². The van der Waals surface area contributed by atoms with Crippen LogP contribution in [0.15, 0.2) is 91.1 Å². The van der Waals surface area contributed by atoms with Crippen molar-refractivity contribution in [1.82, 2.24) is 20.5 Å². The van der Waals surface area contributed by atoms with E-state index >= 15 is 0 Å². The first kappa shape index (κ1) is 23.8. The molecule has 1 aromatic heterocycles. The number of nitrogens with zero attached hydrogens (tertiary/aromatic N) is 1. The van der Waals surface area contributed by atoms with E-state index in [1.54, 1.807) is 18.1 Å². The Kier molecular flexibility index (Phi) is 7.57. The molecule has 178 valence electrons. The highest BCUT2D eigenvalue weighted by Crippen LogP contribution is 2.17. The molecule has 1 heterocycles. The monoisotopic (exact) mass is 468 g/mol. The van der Waals surface area contributed by atoms with Crippen molar-refractivity contribution in [1.29, 1.82) is 0 Å². The second-order valence-corrected chi connectivity index (χ2v) is 8.42. The first-order chi connectivity index (χ1) is 17.0. The molecule has 0 radical (unpaired) electrons. The predicted molar refractivity (Wildman–Crippen MR) is 136 cm³/mol. The minimum Gasteiger partial charge on any atom is -0.360 e. The van der Waals surface area contributed by atoms with Crippen LogP contribution in [-0.2, 0) is 22.6 Å². The summed E-state index contributed by atoms with van der Waals surface area (Å²) in [6.07, 6.45) is 1.97. The number of nitrogens with one attached hydrogen (secondary N) is 3. The van der Waals surface area contributed by atoms with Crippen molar-refractivity contribution < 1.29 is 14.4 Å². The van der Waals surface area contributed by atoms with Gasteiger partial charge in [0.25, 0.3) is 5.91 Å². The van der Waals surface area contributed by atoms with Gasteiger partial charge in [0.15, 0.2) is 0 Å². The van der Waals surface area contributed by atoms with Gasteiger partial charge in [-0.3, -0.25) is 14.4 Å². The van der Waals surface area contributed by atoms with E-state index in [1.807, 2.05) is 84.9 Å². The number of hydrogen-bond donors (Lipinski definition) is 3. The van der Waals surface area contributed by atoms with E-state index in [0.717, 1.165) is 22.0 Å². The lowest BCUT2D eigenvalue weighted by Crippen LogP contribution is -2.50. The summed E-state index contributed by atoms with van der Waals surface area (Å²) in [6, 6.07) is 25.9. The Labute approximate surface area is 204 Å². The van der Waals surface area contributed by atoms with Crippen molar-refractivity contribution in [3.05, 3.63) is 108 Å². The third kappa shape index (κ3) is 6.14. The number of aromatic nitrogens is 1. The molecule has 0 fully saturated rings. The van der Waals surface area contributed by atoms with Crippen LogP contribution in [0.2, 0.25) is 0 Å². The molecule has 4 aromatic rings. The summed E-state index contributed by atoms with van der Waals surface area (Å²) in [4.78, 5) is 43.4. The summed E-state index contributed by atoms with van der Waals surface area (Å²) in [7, 11) is 1.72. The number of H-pyrrole nitrogens is 1. The van der Waals surface area contributed by atoms with Gasteiger partial charge in [-0.2, -0.15) is 0 Å². The largest absolute Gasteiger partial charge is 0.360 e. The lowest BCUT2D eigenvalue weighted by molar-refractivity contribution is -0.135. The molecular formula is C28H28N4O3. The summed E-state index contributed by atoms with van der Waals surface area (Å²) in [6.45, 7) is 0.192. The second kappa shape index (κ2) is 11.2. The molecule has 0 aliphatic heterocycles. The van der Waals surface area contributed by atoms with Gasteiger partial charge >= 0.3 is 0 Å². The number of carbonyl (C=O) groups excluding carboxylic acids is 3. The van der Waals surface area contributed by atoms with Crippen molar-refractivity contribution in [3.8, 4) is 0 Å². The summed E-state index contributed by atoms with van der Waals surface area (Å²) >= 11 is 0. The number of carbonyl (C=O) groups is 3. The number of hydrogen-bond acceptors (Lipinski definition) is 3. The third-order valence-electron chi connectivity index (χ3n) is 5.80. The smallest absolute Gasteiger partial charge is 0.253 e. The van der Waals surface area contributed by atoms with Crippen molar-refractivity contribution in [2.45, 2.75) is 19.0 Å². The predicted octanol–water partition coefficient (Wildman–Crippen LogP) is 3.28. The van der Waals surface area contributed by atoms with Crippen LogP contribution in [0.5, 0.6) is 0 Å². The third-order valence-corrected chi connectivity index (χ3v) is 5.80. The Morgan fingerprint density at radius 3 is 2.20 bits per heavy atom. The zero-order valence-corrected chi connectivity index (χ0v) is 19.5. The lowest BCUT2D eigenvalue weighted by Gasteiger charge is -2.25. The van der Waals surface area contributed by atoms with E-state index in [2.05, 4.69) is 15.6 Å². The molecule has 1 atom stereocenters. The van der Waals surface area contributed by atoms with Gasteiger partial charge in [-0.25, -0.2) is 0 Å². The summed E-state index contributed by atoms with van der Waals surface area (Å²) in [5.74, 6) is -0.987. The summed E-state index contributed by atoms with van der Waals surface area (Å²) < 4.78 is 0. The van der Waals surface area contributed by atoms with E-state index in [4.69, 9.17) is 0 Å². The second-order valence-electron chi connectivity index (χ2n) is 8.42. The average molecular weight is 469 g/mol. The van der Waals surface area contributed by atoms with E-state index in [0.29, 0.717) is 18.5 Å². The number of rotatable bonds is 9. The summed E-state index contributed by atoms with van der Waals surface area (Å²) in [5, 5.41) is 6.26. The van der Waals surface area contributed by atoms with Gasteiger partial charge in [0.2, 0.25) is 11.8 Å².